The van der Waals surface area contributed by atoms with Gasteiger partial charge in [0.25, 0.3) is 0 Å². The van der Waals surface area contributed by atoms with Gasteiger partial charge < -0.3 is 15.6 Å². The van der Waals surface area contributed by atoms with E-state index in [1.807, 2.05) is 0 Å². The second-order valence-electron chi connectivity index (χ2n) is 6.82. The van der Waals surface area contributed by atoms with Crippen molar-refractivity contribution in [3.63, 3.8) is 0 Å². The summed E-state index contributed by atoms with van der Waals surface area (Å²) in [5, 5.41) is 8.41. The van der Waals surface area contributed by atoms with Crippen LogP contribution in [0.5, 0.6) is 0 Å². The maximum Gasteiger partial charge on any atom is 0.233 e. The number of aromatic nitrogens is 3. The highest BCUT2D eigenvalue weighted by Gasteiger charge is 2.22. The normalized spacial score (nSPS) is 14.2. The molecular formula is C20H20F2N6OS. The number of anilines is 1. The molecule has 0 aliphatic carbocycles. The molecule has 2 aromatic carbocycles. The highest BCUT2D eigenvalue weighted by Crippen LogP contribution is 2.23. The molecule has 2 heterocycles. The fourth-order valence-corrected chi connectivity index (χ4v) is 4.04. The molecular weight excluding hydrogens is 410 g/mol. The van der Waals surface area contributed by atoms with Gasteiger partial charge in [-0.15, -0.1) is 10.2 Å². The molecule has 156 valence electrons. The molecule has 0 radical (unpaired) electrons. The van der Waals surface area contributed by atoms with Crippen LogP contribution in [-0.4, -0.2) is 57.6 Å². The molecule has 1 aromatic heterocycles. The molecule has 0 spiro atoms. The van der Waals surface area contributed by atoms with E-state index in [1.54, 1.807) is 29.2 Å². The number of nitrogen functional groups attached to an aromatic ring is 1. The number of piperazine rings is 1. The van der Waals surface area contributed by atoms with Gasteiger partial charge in [0.1, 0.15) is 11.6 Å². The van der Waals surface area contributed by atoms with E-state index in [9.17, 15) is 13.6 Å². The Kier molecular flexibility index (Phi) is 5.84. The molecule has 1 saturated heterocycles. The first kappa shape index (κ1) is 20.1. The lowest BCUT2D eigenvalue weighted by atomic mass is 10.2. The van der Waals surface area contributed by atoms with Crippen molar-refractivity contribution >= 4 is 23.4 Å². The molecule has 0 bridgehead atoms. The molecule has 7 nitrogen and oxygen atoms in total. The van der Waals surface area contributed by atoms with Crippen molar-refractivity contribution < 1.29 is 13.6 Å². The Bertz CT molecular complexity index is 1030. The van der Waals surface area contributed by atoms with Crippen molar-refractivity contribution in [2.75, 3.05) is 42.7 Å². The molecule has 1 aliphatic heterocycles. The first-order valence-corrected chi connectivity index (χ1v) is 10.4. The van der Waals surface area contributed by atoms with Crippen LogP contribution in [0.2, 0.25) is 0 Å². The van der Waals surface area contributed by atoms with Crippen molar-refractivity contribution in [2.24, 2.45) is 0 Å². The summed E-state index contributed by atoms with van der Waals surface area (Å²) in [5.41, 5.74) is 1.46. The van der Waals surface area contributed by atoms with Crippen molar-refractivity contribution in [1.82, 2.24) is 19.8 Å². The molecule has 30 heavy (non-hydrogen) atoms. The topological polar surface area (TPSA) is 80.3 Å². The number of nitrogens with zero attached hydrogens (tertiary/aromatic N) is 5. The zero-order valence-corrected chi connectivity index (χ0v) is 16.9. The largest absolute Gasteiger partial charge is 0.368 e. The van der Waals surface area contributed by atoms with E-state index in [1.165, 1.54) is 40.7 Å². The molecule has 10 heteroatoms. The van der Waals surface area contributed by atoms with Crippen LogP contribution in [0.3, 0.4) is 0 Å². The summed E-state index contributed by atoms with van der Waals surface area (Å²) < 4.78 is 27.8. The smallest absolute Gasteiger partial charge is 0.233 e. The number of hydrogen-bond donors (Lipinski definition) is 1. The summed E-state index contributed by atoms with van der Waals surface area (Å²) in [6.07, 6.45) is 0. The zero-order chi connectivity index (χ0) is 21.1. The van der Waals surface area contributed by atoms with Gasteiger partial charge in [0.05, 0.1) is 5.75 Å². The molecule has 2 N–H and O–H groups in total. The van der Waals surface area contributed by atoms with Gasteiger partial charge >= 0.3 is 0 Å². The van der Waals surface area contributed by atoms with Crippen LogP contribution in [0.4, 0.5) is 14.5 Å². The molecule has 1 aliphatic rings. The van der Waals surface area contributed by atoms with Crippen LogP contribution in [-0.2, 0) is 4.79 Å². The minimum atomic E-state index is -0.389. The van der Waals surface area contributed by atoms with Crippen LogP contribution in [0.25, 0.3) is 11.4 Å². The van der Waals surface area contributed by atoms with Crippen molar-refractivity contribution in [2.45, 2.75) is 5.16 Å². The van der Waals surface area contributed by atoms with E-state index in [-0.39, 0.29) is 23.3 Å². The fraction of sp³-hybridized carbons (Fsp3) is 0.250. The number of hydrogen-bond acceptors (Lipinski definition) is 6. The van der Waals surface area contributed by atoms with Crippen molar-refractivity contribution in [3.05, 3.63) is 60.2 Å². The number of carbonyl (C=O) groups excluding carboxylic acids is 1. The van der Waals surface area contributed by atoms with E-state index in [2.05, 4.69) is 15.1 Å². The minimum absolute atomic E-state index is 0.0194. The van der Waals surface area contributed by atoms with Crippen LogP contribution >= 0.6 is 11.8 Å². The Morgan fingerprint density at radius 3 is 2.43 bits per heavy atom. The maximum atomic E-state index is 13.4. The van der Waals surface area contributed by atoms with Crippen LogP contribution in [0.1, 0.15) is 0 Å². The number of carbonyl (C=O) groups is 1. The predicted octanol–water partition coefficient (Wildman–Crippen LogP) is 2.38. The summed E-state index contributed by atoms with van der Waals surface area (Å²) in [4.78, 5) is 16.5. The van der Waals surface area contributed by atoms with Crippen molar-refractivity contribution in [1.29, 1.82) is 0 Å². The van der Waals surface area contributed by atoms with Gasteiger partial charge in [-0.25, -0.2) is 13.5 Å². The SMILES string of the molecule is Nn1c(SCC(=O)N2CCN(c3ccc(F)cc3)CC2)nnc1-c1cccc(F)c1. The van der Waals surface area contributed by atoms with E-state index in [0.29, 0.717) is 42.7 Å². The first-order chi connectivity index (χ1) is 14.5. The van der Waals surface area contributed by atoms with Gasteiger partial charge in [0.15, 0.2) is 5.82 Å². The molecule has 0 atom stereocenters. The second kappa shape index (κ2) is 8.70. The summed E-state index contributed by atoms with van der Waals surface area (Å²) in [7, 11) is 0. The molecule has 1 fully saturated rings. The second-order valence-corrected chi connectivity index (χ2v) is 7.76. The fourth-order valence-electron chi connectivity index (χ4n) is 3.28. The Morgan fingerprint density at radius 2 is 1.73 bits per heavy atom. The Labute approximate surface area is 176 Å². The van der Waals surface area contributed by atoms with Gasteiger partial charge in [-0.3, -0.25) is 4.79 Å². The molecule has 3 aromatic rings. The highest BCUT2D eigenvalue weighted by molar-refractivity contribution is 7.99. The van der Waals surface area contributed by atoms with Gasteiger partial charge in [-0.2, -0.15) is 0 Å². The van der Waals surface area contributed by atoms with Crippen molar-refractivity contribution in [3.8, 4) is 11.4 Å². The third-order valence-corrected chi connectivity index (χ3v) is 5.82. The average Bonchev–Trinajstić information content (AvgIpc) is 3.13. The summed E-state index contributed by atoms with van der Waals surface area (Å²) in [5.74, 6) is 5.87. The van der Waals surface area contributed by atoms with Gasteiger partial charge in [-0.05, 0) is 36.4 Å². The number of benzene rings is 2. The lowest BCUT2D eigenvalue weighted by molar-refractivity contribution is -0.128. The predicted molar refractivity (Wildman–Crippen MR) is 111 cm³/mol. The Balaban J connectivity index is 1.32. The van der Waals surface area contributed by atoms with E-state index in [0.717, 1.165) is 5.69 Å². The lowest BCUT2D eigenvalue weighted by Gasteiger charge is -2.36. The van der Waals surface area contributed by atoms with Crippen LogP contribution < -0.4 is 10.7 Å². The van der Waals surface area contributed by atoms with Gasteiger partial charge in [0, 0.05) is 37.4 Å². The number of nitrogens with two attached hydrogens (primary N) is 1. The molecule has 1 amide bonds. The summed E-state index contributed by atoms with van der Waals surface area (Å²) in [6, 6.07) is 12.3. The molecule has 0 saturated carbocycles. The van der Waals surface area contributed by atoms with E-state index >= 15 is 0 Å². The number of rotatable bonds is 5. The molecule has 4 rings (SSSR count). The third kappa shape index (κ3) is 4.38. The van der Waals surface area contributed by atoms with Gasteiger partial charge in [-0.1, -0.05) is 23.9 Å². The monoisotopic (exact) mass is 430 g/mol. The highest BCUT2D eigenvalue weighted by atomic mass is 32.2. The summed E-state index contributed by atoms with van der Waals surface area (Å²) >= 11 is 1.19. The first-order valence-electron chi connectivity index (χ1n) is 9.39. The van der Waals surface area contributed by atoms with Crippen LogP contribution in [0, 0.1) is 11.6 Å². The Hall–Kier alpha value is -3.14. The summed E-state index contributed by atoms with van der Waals surface area (Å²) in [6.45, 7) is 2.53. The zero-order valence-electron chi connectivity index (χ0n) is 16.0. The quantitative estimate of drug-likeness (QED) is 0.495. The average molecular weight is 430 g/mol. The maximum absolute atomic E-state index is 13.4. The number of thioether (sulfide) groups is 1. The third-order valence-electron chi connectivity index (χ3n) is 4.90. The number of amides is 1. The van der Waals surface area contributed by atoms with E-state index in [4.69, 9.17) is 5.84 Å². The Morgan fingerprint density at radius 1 is 1.00 bits per heavy atom. The lowest BCUT2D eigenvalue weighted by Crippen LogP contribution is -2.49. The number of halogens is 2. The van der Waals surface area contributed by atoms with Crippen LogP contribution in [0.15, 0.2) is 53.7 Å². The molecule has 0 unspecified atom stereocenters. The van der Waals surface area contributed by atoms with E-state index < -0.39 is 0 Å². The minimum Gasteiger partial charge on any atom is -0.368 e. The van der Waals surface area contributed by atoms with Gasteiger partial charge in [0.2, 0.25) is 11.1 Å². The standard InChI is InChI=1S/C20H20F2N6OS/c21-15-4-6-17(7-5-15)26-8-10-27(11-9-26)18(29)13-30-20-25-24-19(28(20)23)14-2-1-3-16(22)12-14/h1-7,12H,8-11,13,23H2.